The van der Waals surface area contributed by atoms with Gasteiger partial charge in [0.05, 0.1) is 6.10 Å². The molecule has 0 heterocycles. The van der Waals surface area contributed by atoms with Gasteiger partial charge in [0.1, 0.15) is 6.07 Å². The Morgan fingerprint density at radius 3 is 2.82 bits per heavy atom. The first-order valence-electron chi connectivity index (χ1n) is 3.89. The van der Waals surface area contributed by atoms with E-state index in [0.717, 1.165) is 19.3 Å². The zero-order valence-electron chi connectivity index (χ0n) is 6.71. The summed E-state index contributed by atoms with van der Waals surface area (Å²) in [7, 11) is 1.54. The van der Waals surface area contributed by atoms with Gasteiger partial charge in [0, 0.05) is 7.11 Å². The molecule has 0 unspecified atom stereocenters. The van der Waals surface area contributed by atoms with Crippen LogP contribution in [0.25, 0.3) is 0 Å². The standard InChI is InChI=1S/C8H13NO2/c1-11-7-4-2-3-5-8(7,10)6-9/h7,10H,2-5H2,1H3/t7-,8-/m1/s1. The van der Waals surface area contributed by atoms with Gasteiger partial charge in [-0.2, -0.15) is 5.26 Å². The van der Waals surface area contributed by atoms with E-state index in [0.29, 0.717) is 6.42 Å². The third kappa shape index (κ3) is 1.52. The Labute approximate surface area is 66.6 Å². The Hall–Kier alpha value is -0.590. The van der Waals surface area contributed by atoms with Crippen molar-refractivity contribution in [2.24, 2.45) is 0 Å². The van der Waals surface area contributed by atoms with Crippen LogP contribution in [0, 0.1) is 11.3 Å². The van der Waals surface area contributed by atoms with E-state index >= 15 is 0 Å². The van der Waals surface area contributed by atoms with Crippen molar-refractivity contribution in [1.82, 2.24) is 0 Å². The van der Waals surface area contributed by atoms with Gasteiger partial charge in [-0.05, 0) is 19.3 Å². The fourth-order valence-electron chi connectivity index (χ4n) is 1.56. The van der Waals surface area contributed by atoms with E-state index in [9.17, 15) is 5.11 Å². The second-order valence-corrected chi connectivity index (χ2v) is 3.01. The van der Waals surface area contributed by atoms with Crippen molar-refractivity contribution >= 4 is 0 Å². The first-order chi connectivity index (χ1) is 5.23. The lowest BCUT2D eigenvalue weighted by atomic mass is 9.83. The van der Waals surface area contributed by atoms with E-state index in [-0.39, 0.29) is 6.10 Å². The molecule has 2 atom stereocenters. The summed E-state index contributed by atoms with van der Waals surface area (Å²) in [6.45, 7) is 0. The lowest BCUT2D eigenvalue weighted by Gasteiger charge is -2.32. The molecule has 1 aliphatic carbocycles. The quantitative estimate of drug-likeness (QED) is 0.570. The maximum absolute atomic E-state index is 9.65. The minimum atomic E-state index is -1.23. The van der Waals surface area contributed by atoms with Crippen LogP contribution in [-0.2, 0) is 4.74 Å². The minimum absolute atomic E-state index is 0.291. The summed E-state index contributed by atoms with van der Waals surface area (Å²) in [5, 5.41) is 18.3. The summed E-state index contributed by atoms with van der Waals surface area (Å²) >= 11 is 0. The molecule has 1 fully saturated rings. The van der Waals surface area contributed by atoms with Gasteiger partial charge in [-0.3, -0.25) is 0 Å². The highest BCUT2D eigenvalue weighted by Crippen LogP contribution is 2.29. The largest absolute Gasteiger partial charge is 0.377 e. The monoisotopic (exact) mass is 155 g/mol. The van der Waals surface area contributed by atoms with Gasteiger partial charge >= 0.3 is 0 Å². The second-order valence-electron chi connectivity index (χ2n) is 3.01. The molecule has 0 spiro atoms. The van der Waals surface area contributed by atoms with Gasteiger partial charge in [0.2, 0.25) is 0 Å². The van der Waals surface area contributed by atoms with Gasteiger partial charge in [0.25, 0.3) is 0 Å². The van der Waals surface area contributed by atoms with Crippen LogP contribution >= 0.6 is 0 Å². The lowest BCUT2D eigenvalue weighted by molar-refractivity contribution is -0.0807. The van der Waals surface area contributed by atoms with E-state index in [1.165, 1.54) is 7.11 Å². The highest BCUT2D eigenvalue weighted by molar-refractivity contribution is 5.07. The predicted octanol–water partition coefficient (Wildman–Crippen LogP) is 0.830. The molecule has 1 saturated carbocycles. The van der Waals surface area contributed by atoms with Crippen molar-refractivity contribution < 1.29 is 9.84 Å². The molecule has 0 aromatic rings. The zero-order valence-corrected chi connectivity index (χ0v) is 6.71. The van der Waals surface area contributed by atoms with E-state index < -0.39 is 5.60 Å². The average Bonchev–Trinajstić information content (AvgIpc) is 2.05. The van der Waals surface area contributed by atoms with Crippen molar-refractivity contribution in [1.29, 1.82) is 5.26 Å². The third-order valence-electron chi connectivity index (χ3n) is 2.29. The summed E-state index contributed by atoms with van der Waals surface area (Å²) in [6.07, 6.45) is 3.01. The summed E-state index contributed by atoms with van der Waals surface area (Å²) in [6, 6.07) is 1.91. The van der Waals surface area contributed by atoms with Crippen LogP contribution in [0.15, 0.2) is 0 Å². The normalized spacial score (nSPS) is 38.1. The van der Waals surface area contributed by atoms with E-state index in [4.69, 9.17) is 10.00 Å². The van der Waals surface area contributed by atoms with Crippen LogP contribution in [0.4, 0.5) is 0 Å². The van der Waals surface area contributed by atoms with E-state index in [2.05, 4.69) is 0 Å². The molecule has 1 N–H and O–H groups in total. The van der Waals surface area contributed by atoms with Crippen LogP contribution in [0.3, 0.4) is 0 Å². The number of rotatable bonds is 1. The molecule has 3 nitrogen and oxygen atoms in total. The number of hydrogen-bond acceptors (Lipinski definition) is 3. The molecule has 0 aliphatic heterocycles. The van der Waals surface area contributed by atoms with Crippen LogP contribution in [-0.4, -0.2) is 23.9 Å². The van der Waals surface area contributed by atoms with Gasteiger partial charge in [-0.25, -0.2) is 0 Å². The smallest absolute Gasteiger partial charge is 0.177 e. The summed E-state index contributed by atoms with van der Waals surface area (Å²) in [5.74, 6) is 0. The Morgan fingerprint density at radius 1 is 1.64 bits per heavy atom. The molecule has 0 radical (unpaired) electrons. The molecule has 0 amide bonds. The van der Waals surface area contributed by atoms with Crippen LogP contribution in [0.1, 0.15) is 25.7 Å². The van der Waals surface area contributed by atoms with Crippen molar-refractivity contribution in [3.8, 4) is 6.07 Å². The molecule has 11 heavy (non-hydrogen) atoms. The van der Waals surface area contributed by atoms with Crippen LogP contribution < -0.4 is 0 Å². The summed E-state index contributed by atoms with van der Waals surface area (Å²) < 4.78 is 5.03. The molecular formula is C8H13NO2. The highest BCUT2D eigenvalue weighted by Gasteiger charge is 2.39. The van der Waals surface area contributed by atoms with E-state index in [1.54, 1.807) is 0 Å². The average molecular weight is 155 g/mol. The fourth-order valence-corrected chi connectivity index (χ4v) is 1.56. The maximum Gasteiger partial charge on any atom is 0.177 e. The topological polar surface area (TPSA) is 53.2 Å². The number of aliphatic hydroxyl groups is 1. The first kappa shape index (κ1) is 8.51. The SMILES string of the molecule is CO[C@@H]1CCCC[C@@]1(O)C#N. The number of nitriles is 1. The molecular weight excluding hydrogens is 142 g/mol. The van der Waals surface area contributed by atoms with E-state index in [1.807, 2.05) is 6.07 Å². The molecule has 3 heteroatoms. The van der Waals surface area contributed by atoms with Crippen LogP contribution in [0.5, 0.6) is 0 Å². The number of nitrogens with zero attached hydrogens (tertiary/aromatic N) is 1. The van der Waals surface area contributed by atoms with Crippen molar-refractivity contribution in [3.05, 3.63) is 0 Å². The molecule has 1 rings (SSSR count). The molecule has 0 aromatic carbocycles. The third-order valence-corrected chi connectivity index (χ3v) is 2.29. The lowest BCUT2D eigenvalue weighted by Crippen LogP contribution is -2.44. The predicted molar refractivity (Wildman–Crippen MR) is 39.8 cm³/mol. The Bertz CT molecular complexity index is 175. The number of hydrogen-bond donors (Lipinski definition) is 1. The fraction of sp³-hybridized carbons (Fsp3) is 0.875. The van der Waals surface area contributed by atoms with Gasteiger partial charge in [0.15, 0.2) is 5.60 Å². The van der Waals surface area contributed by atoms with Crippen molar-refractivity contribution in [2.45, 2.75) is 37.4 Å². The van der Waals surface area contributed by atoms with Crippen molar-refractivity contribution in [2.75, 3.05) is 7.11 Å². The molecule has 62 valence electrons. The van der Waals surface area contributed by atoms with Crippen LogP contribution in [0.2, 0.25) is 0 Å². The Balaban J connectivity index is 2.67. The molecule has 0 aromatic heterocycles. The molecule has 0 bridgehead atoms. The number of ether oxygens (including phenoxy) is 1. The zero-order chi connectivity index (χ0) is 8.32. The highest BCUT2D eigenvalue weighted by atomic mass is 16.5. The van der Waals surface area contributed by atoms with Gasteiger partial charge in [-0.15, -0.1) is 0 Å². The number of methoxy groups -OCH3 is 1. The molecule has 0 saturated heterocycles. The molecule has 1 aliphatic rings. The van der Waals surface area contributed by atoms with Gasteiger partial charge in [-0.1, -0.05) is 6.42 Å². The maximum atomic E-state index is 9.65. The Kier molecular flexibility index (Phi) is 2.48. The Morgan fingerprint density at radius 2 is 2.36 bits per heavy atom. The first-order valence-corrected chi connectivity index (χ1v) is 3.89. The summed E-state index contributed by atoms with van der Waals surface area (Å²) in [4.78, 5) is 0. The summed E-state index contributed by atoms with van der Waals surface area (Å²) in [5.41, 5.74) is -1.23. The minimum Gasteiger partial charge on any atom is -0.377 e. The second kappa shape index (κ2) is 3.21. The van der Waals surface area contributed by atoms with Crippen molar-refractivity contribution in [3.63, 3.8) is 0 Å². The van der Waals surface area contributed by atoms with Gasteiger partial charge < -0.3 is 9.84 Å².